The summed E-state index contributed by atoms with van der Waals surface area (Å²) >= 11 is 13.6. The molecule has 9 heteroatoms. The van der Waals surface area contributed by atoms with Gasteiger partial charge in [-0.15, -0.1) is 10.2 Å². The van der Waals surface area contributed by atoms with Gasteiger partial charge in [0, 0.05) is 23.6 Å². The van der Waals surface area contributed by atoms with E-state index in [2.05, 4.69) is 27.4 Å². The van der Waals surface area contributed by atoms with Crippen LogP contribution >= 0.6 is 35.0 Å². The zero-order valence-electron chi connectivity index (χ0n) is 17.1. The number of thioether (sulfide) groups is 1. The van der Waals surface area contributed by atoms with E-state index in [-0.39, 0.29) is 11.7 Å². The van der Waals surface area contributed by atoms with Gasteiger partial charge in [0.25, 0.3) is 0 Å². The number of hydrogen-bond donors (Lipinski definition) is 1. The number of halogens is 2. The fourth-order valence-electron chi connectivity index (χ4n) is 3.10. The van der Waals surface area contributed by atoms with Crippen molar-refractivity contribution in [3.63, 3.8) is 0 Å². The van der Waals surface area contributed by atoms with Crippen LogP contribution in [0.3, 0.4) is 0 Å². The van der Waals surface area contributed by atoms with Crippen molar-refractivity contribution in [2.24, 2.45) is 0 Å². The number of amides is 1. The second-order valence-electron chi connectivity index (χ2n) is 6.87. The van der Waals surface area contributed by atoms with Crippen LogP contribution in [-0.2, 0) is 11.2 Å². The molecule has 4 aromatic rings. The Balaban J connectivity index is 1.60. The molecule has 4 rings (SSSR count). The predicted molar refractivity (Wildman–Crippen MR) is 130 cm³/mol. The number of benzene rings is 2. The number of nitrogens with zero attached hydrogens (tertiary/aromatic N) is 4. The van der Waals surface area contributed by atoms with Crippen LogP contribution in [-0.4, -0.2) is 31.4 Å². The van der Waals surface area contributed by atoms with Crippen molar-refractivity contribution < 1.29 is 4.79 Å². The molecule has 0 saturated carbocycles. The highest BCUT2D eigenvalue weighted by Crippen LogP contribution is 2.31. The summed E-state index contributed by atoms with van der Waals surface area (Å²) in [5, 5.41) is 13.0. The van der Waals surface area contributed by atoms with E-state index in [0.29, 0.717) is 21.0 Å². The summed E-state index contributed by atoms with van der Waals surface area (Å²) in [5.41, 5.74) is 3.47. The summed E-state index contributed by atoms with van der Waals surface area (Å²) in [7, 11) is 0. The first-order valence-electron chi connectivity index (χ1n) is 9.88. The Morgan fingerprint density at radius 2 is 1.94 bits per heavy atom. The third-order valence-corrected chi connectivity index (χ3v) is 6.33. The molecule has 0 aliphatic heterocycles. The second-order valence-corrected chi connectivity index (χ2v) is 8.63. The third-order valence-electron chi connectivity index (χ3n) is 4.67. The van der Waals surface area contributed by atoms with Gasteiger partial charge < -0.3 is 5.32 Å². The van der Waals surface area contributed by atoms with Crippen LogP contribution in [0.5, 0.6) is 0 Å². The highest BCUT2D eigenvalue weighted by molar-refractivity contribution is 7.99. The number of anilines is 1. The van der Waals surface area contributed by atoms with E-state index in [1.54, 1.807) is 24.5 Å². The molecule has 0 atom stereocenters. The van der Waals surface area contributed by atoms with E-state index < -0.39 is 0 Å². The molecule has 2 heterocycles. The maximum absolute atomic E-state index is 12.6. The molecule has 0 unspecified atom stereocenters. The van der Waals surface area contributed by atoms with E-state index in [1.165, 1.54) is 11.8 Å². The van der Waals surface area contributed by atoms with E-state index in [4.69, 9.17) is 23.2 Å². The minimum atomic E-state index is -0.130. The monoisotopic (exact) mass is 483 g/mol. The minimum Gasteiger partial charge on any atom is -0.325 e. The molecule has 1 amide bonds. The Labute approximate surface area is 200 Å². The SMILES string of the molecule is CCc1cccc(NC(=O)CSc2nnc(-c3cccnc3)n2-c2ccc(Cl)c(Cl)c2)c1. The van der Waals surface area contributed by atoms with Gasteiger partial charge >= 0.3 is 0 Å². The van der Waals surface area contributed by atoms with E-state index in [1.807, 2.05) is 47.0 Å². The first-order valence-corrected chi connectivity index (χ1v) is 11.6. The van der Waals surface area contributed by atoms with Gasteiger partial charge in [0.2, 0.25) is 5.91 Å². The molecule has 0 spiro atoms. The molecule has 2 aromatic carbocycles. The predicted octanol–water partition coefficient (Wildman–Crippen LogP) is 5.93. The molecule has 2 aromatic heterocycles. The molecular weight excluding hydrogens is 465 g/mol. The Kier molecular flexibility index (Phi) is 7.09. The summed E-state index contributed by atoms with van der Waals surface area (Å²) in [4.78, 5) is 16.7. The third kappa shape index (κ3) is 5.12. The Morgan fingerprint density at radius 3 is 2.69 bits per heavy atom. The van der Waals surface area contributed by atoms with Crippen LogP contribution in [0.15, 0.2) is 72.1 Å². The Morgan fingerprint density at radius 1 is 1.06 bits per heavy atom. The number of hydrogen-bond acceptors (Lipinski definition) is 5. The van der Waals surface area contributed by atoms with E-state index in [0.717, 1.165) is 28.9 Å². The summed E-state index contributed by atoms with van der Waals surface area (Å²) in [6.07, 6.45) is 4.30. The number of nitrogens with one attached hydrogen (secondary N) is 1. The molecule has 1 N–H and O–H groups in total. The lowest BCUT2D eigenvalue weighted by molar-refractivity contribution is -0.113. The lowest BCUT2D eigenvalue weighted by atomic mass is 10.1. The van der Waals surface area contributed by atoms with Gasteiger partial charge in [-0.2, -0.15) is 0 Å². The molecule has 32 heavy (non-hydrogen) atoms. The minimum absolute atomic E-state index is 0.130. The molecule has 0 aliphatic carbocycles. The standard InChI is InChI=1S/C23H19Cl2N5OS/c1-2-15-5-3-7-17(11-15)27-21(31)14-32-23-29-28-22(16-6-4-10-26-13-16)30(23)18-8-9-19(24)20(25)12-18/h3-13H,2,14H2,1H3,(H,27,31). The maximum atomic E-state index is 12.6. The second kappa shape index (κ2) is 10.2. The van der Waals surface area contributed by atoms with Crippen molar-refractivity contribution in [2.75, 3.05) is 11.1 Å². The molecule has 0 aliphatic rings. The highest BCUT2D eigenvalue weighted by Gasteiger charge is 2.18. The van der Waals surface area contributed by atoms with Crippen LogP contribution in [0.2, 0.25) is 10.0 Å². The lowest BCUT2D eigenvalue weighted by Crippen LogP contribution is -2.14. The van der Waals surface area contributed by atoms with Crippen LogP contribution in [0.25, 0.3) is 17.1 Å². The van der Waals surface area contributed by atoms with Crippen LogP contribution in [0.1, 0.15) is 12.5 Å². The number of pyridine rings is 1. The zero-order valence-corrected chi connectivity index (χ0v) is 19.5. The number of rotatable bonds is 7. The van der Waals surface area contributed by atoms with Gasteiger partial charge in [0.15, 0.2) is 11.0 Å². The number of aryl methyl sites for hydroxylation is 1. The van der Waals surface area contributed by atoms with Crippen molar-refractivity contribution in [3.8, 4) is 17.1 Å². The largest absolute Gasteiger partial charge is 0.325 e. The lowest BCUT2D eigenvalue weighted by Gasteiger charge is -2.11. The Hall–Kier alpha value is -2.87. The molecule has 0 radical (unpaired) electrons. The smallest absolute Gasteiger partial charge is 0.234 e. The van der Waals surface area contributed by atoms with Gasteiger partial charge in [0.05, 0.1) is 21.5 Å². The van der Waals surface area contributed by atoms with Crippen molar-refractivity contribution >= 4 is 46.6 Å². The summed E-state index contributed by atoms with van der Waals surface area (Å²) < 4.78 is 1.84. The molecule has 0 bridgehead atoms. The molecule has 0 saturated heterocycles. The fraction of sp³-hybridized carbons (Fsp3) is 0.130. The first kappa shape index (κ1) is 22.3. The van der Waals surface area contributed by atoms with Crippen LogP contribution in [0, 0.1) is 0 Å². The summed E-state index contributed by atoms with van der Waals surface area (Å²) in [6.45, 7) is 2.08. The summed E-state index contributed by atoms with van der Waals surface area (Å²) in [6, 6.07) is 16.8. The van der Waals surface area contributed by atoms with Crippen molar-refractivity contribution in [1.29, 1.82) is 0 Å². The van der Waals surface area contributed by atoms with Crippen molar-refractivity contribution in [2.45, 2.75) is 18.5 Å². The van der Waals surface area contributed by atoms with E-state index in [9.17, 15) is 4.79 Å². The molecule has 6 nitrogen and oxygen atoms in total. The fourth-order valence-corrected chi connectivity index (χ4v) is 4.14. The summed E-state index contributed by atoms with van der Waals surface area (Å²) in [5.74, 6) is 0.632. The van der Waals surface area contributed by atoms with Gasteiger partial charge in [-0.25, -0.2) is 0 Å². The number of carbonyl (C=O) groups excluding carboxylic acids is 1. The molecule has 162 valence electrons. The van der Waals surface area contributed by atoms with Gasteiger partial charge in [-0.3, -0.25) is 14.3 Å². The van der Waals surface area contributed by atoms with Crippen molar-refractivity contribution in [3.05, 3.63) is 82.6 Å². The molecule has 0 fully saturated rings. The van der Waals surface area contributed by atoms with Crippen LogP contribution < -0.4 is 5.32 Å². The number of carbonyl (C=O) groups is 1. The Bertz CT molecular complexity index is 1250. The van der Waals surface area contributed by atoms with Gasteiger partial charge in [-0.1, -0.05) is 54.0 Å². The average Bonchev–Trinajstić information content (AvgIpc) is 3.24. The molecular formula is C23H19Cl2N5OS. The van der Waals surface area contributed by atoms with Crippen molar-refractivity contribution in [1.82, 2.24) is 19.7 Å². The highest BCUT2D eigenvalue weighted by atomic mass is 35.5. The maximum Gasteiger partial charge on any atom is 0.234 e. The normalized spacial score (nSPS) is 10.8. The van der Waals surface area contributed by atoms with Crippen LogP contribution in [0.4, 0.5) is 5.69 Å². The van der Waals surface area contributed by atoms with Gasteiger partial charge in [0.1, 0.15) is 0 Å². The topological polar surface area (TPSA) is 72.7 Å². The quantitative estimate of drug-likeness (QED) is 0.329. The first-order chi connectivity index (χ1) is 15.5. The average molecular weight is 484 g/mol. The van der Waals surface area contributed by atoms with Gasteiger partial charge in [-0.05, 0) is 54.4 Å². The van der Waals surface area contributed by atoms with E-state index >= 15 is 0 Å². The number of aromatic nitrogens is 4. The zero-order chi connectivity index (χ0) is 22.5.